The number of rotatable bonds is 2. The highest BCUT2D eigenvalue weighted by molar-refractivity contribution is 5.68. The minimum absolute atomic E-state index is 0.175. The maximum atomic E-state index is 11.8. The van der Waals surface area contributed by atoms with E-state index in [4.69, 9.17) is 4.74 Å². The average molecular weight is 240 g/mol. The molecule has 4 nitrogen and oxygen atoms in total. The lowest BCUT2D eigenvalue weighted by Gasteiger charge is -2.24. The molecule has 4 heteroatoms. The molecular formula is C13H24N2O2. The predicted molar refractivity (Wildman–Crippen MR) is 66.9 cm³/mol. The summed E-state index contributed by atoms with van der Waals surface area (Å²) in [6.07, 6.45) is 2.15. The van der Waals surface area contributed by atoms with Crippen molar-refractivity contribution in [3.63, 3.8) is 0 Å². The number of carbonyl (C=O) groups is 1. The van der Waals surface area contributed by atoms with Crippen LogP contribution < -0.4 is 5.32 Å². The van der Waals surface area contributed by atoms with E-state index in [0.717, 1.165) is 25.4 Å². The molecule has 2 fully saturated rings. The monoisotopic (exact) mass is 240 g/mol. The molecule has 1 N–H and O–H groups in total. The molecule has 0 bridgehead atoms. The molecule has 1 saturated heterocycles. The number of hydrogen-bond acceptors (Lipinski definition) is 3. The van der Waals surface area contributed by atoms with Crippen LogP contribution in [0.3, 0.4) is 0 Å². The maximum Gasteiger partial charge on any atom is 0.410 e. The van der Waals surface area contributed by atoms with E-state index in [0.29, 0.717) is 12.1 Å². The third-order valence-corrected chi connectivity index (χ3v) is 3.40. The summed E-state index contributed by atoms with van der Waals surface area (Å²) in [6, 6.07) is 1.14. The van der Waals surface area contributed by atoms with Crippen LogP contribution in [-0.4, -0.2) is 41.8 Å². The Balaban J connectivity index is 1.75. The molecule has 0 aromatic heterocycles. The van der Waals surface area contributed by atoms with Gasteiger partial charge in [0.25, 0.3) is 0 Å². The van der Waals surface area contributed by atoms with Gasteiger partial charge in [0.1, 0.15) is 5.60 Å². The van der Waals surface area contributed by atoms with E-state index in [-0.39, 0.29) is 6.09 Å². The number of ether oxygens (including phenoxy) is 1. The first kappa shape index (κ1) is 12.7. The normalized spacial score (nSPS) is 32.7. The van der Waals surface area contributed by atoms with Crippen molar-refractivity contribution < 1.29 is 9.53 Å². The van der Waals surface area contributed by atoms with Gasteiger partial charge in [-0.3, -0.25) is 0 Å². The Morgan fingerprint density at radius 3 is 2.59 bits per heavy atom. The Kier molecular flexibility index (Phi) is 3.34. The summed E-state index contributed by atoms with van der Waals surface area (Å²) in [5, 5.41) is 3.60. The Morgan fingerprint density at radius 1 is 1.41 bits per heavy atom. The molecule has 1 aliphatic carbocycles. The summed E-state index contributed by atoms with van der Waals surface area (Å²) < 4.78 is 5.37. The molecule has 2 aliphatic rings. The summed E-state index contributed by atoms with van der Waals surface area (Å²) in [4.78, 5) is 13.7. The summed E-state index contributed by atoms with van der Waals surface area (Å²) >= 11 is 0. The molecule has 1 saturated carbocycles. The second-order valence-electron chi connectivity index (χ2n) is 6.40. The highest BCUT2D eigenvalue weighted by atomic mass is 16.6. The van der Waals surface area contributed by atoms with Crippen molar-refractivity contribution >= 4 is 6.09 Å². The zero-order chi connectivity index (χ0) is 12.6. The van der Waals surface area contributed by atoms with Gasteiger partial charge in [-0.05, 0) is 39.5 Å². The number of hydrogen-bond donors (Lipinski definition) is 1. The fraction of sp³-hybridized carbons (Fsp3) is 0.923. The first-order valence-corrected chi connectivity index (χ1v) is 6.59. The predicted octanol–water partition coefficient (Wildman–Crippen LogP) is 1.99. The van der Waals surface area contributed by atoms with Crippen LogP contribution in [0.15, 0.2) is 0 Å². The van der Waals surface area contributed by atoms with Gasteiger partial charge in [-0.15, -0.1) is 0 Å². The number of carbonyl (C=O) groups excluding carboxylic acids is 1. The van der Waals surface area contributed by atoms with E-state index in [9.17, 15) is 4.79 Å². The fourth-order valence-corrected chi connectivity index (χ4v) is 2.25. The van der Waals surface area contributed by atoms with Gasteiger partial charge in [0.05, 0.1) is 0 Å². The molecule has 17 heavy (non-hydrogen) atoms. The lowest BCUT2D eigenvalue weighted by atomic mass is 10.2. The maximum absolute atomic E-state index is 11.8. The standard InChI is InChI=1S/C13H24N2O2/c1-9-7-11(9)14-10-5-6-15(8-10)12(16)17-13(2,3)4/h9-11,14H,5-8H2,1-4H3. The van der Waals surface area contributed by atoms with Crippen LogP contribution >= 0.6 is 0 Å². The van der Waals surface area contributed by atoms with Crippen LogP contribution in [0, 0.1) is 5.92 Å². The van der Waals surface area contributed by atoms with Crippen molar-refractivity contribution in [1.29, 1.82) is 0 Å². The number of amides is 1. The van der Waals surface area contributed by atoms with Gasteiger partial charge < -0.3 is 15.0 Å². The van der Waals surface area contributed by atoms with Gasteiger partial charge in [0.15, 0.2) is 0 Å². The van der Waals surface area contributed by atoms with Crippen LogP contribution in [0.5, 0.6) is 0 Å². The number of likely N-dealkylation sites (tertiary alicyclic amines) is 1. The third-order valence-electron chi connectivity index (χ3n) is 3.40. The SMILES string of the molecule is CC1CC1NC1CCN(C(=O)OC(C)(C)C)C1. The first-order chi connectivity index (χ1) is 7.85. The van der Waals surface area contributed by atoms with Crippen molar-refractivity contribution in [2.24, 2.45) is 5.92 Å². The highest BCUT2D eigenvalue weighted by Crippen LogP contribution is 2.30. The van der Waals surface area contributed by atoms with Crippen LogP contribution in [0.1, 0.15) is 40.5 Å². The van der Waals surface area contributed by atoms with E-state index in [1.807, 2.05) is 25.7 Å². The smallest absolute Gasteiger partial charge is 0.410 e. The molecule has 0 spiro atoms. The van der Waals surface area contributed by atoms with E-state index in [2.05, 4.69) is 12.2 Å². The zero-order valence-corrected chi connectivity index (χ0v) is 11.3. The Labute approximate surface area is 104 Å². The van der Waals surface area contributed by atoms with Crippen LogP contribution in [0.2, 0.25) is 0 Å². The molecular weight excluding hydrogens is 216 g/mol. The Hall–Kier alpha value is -0.770. The number of nitrogens with one attached hydrogen (secondary N) is 1. The molecule has 2 rings (SSSR count). The van der Waals surface area contributed by atoms with Gasteiger partial charge in [0.2, 0.25) is 0 Å². The molecule has 1 aliphatic heterocycles. The van der Waals surface area contributed by atoms with Crippen molar-refractivity contribution in [3.8, 4) is 0 Å². The highest BCUT2D eigenvalue weighted by Gasteiger charge is 2.37. The van der Waals surface area contributed by atoms with E-state index >= 15 is 0 Å². The molecule has 0 aromatic carbocycles. The lowest BCUT2D eigenvalue weighted by molar-refractivity contribution is 0.0291. The summed E-state index contributed by atoms with van der Waals surface area (Å²) in [7, 11) is 0. The Bertz CT molecular complexity index is 298. The van der Waals surface area contributed by atoms with Gasteiger partial charge in [-0.2, -0.15) is 0 Å². The Morgan fingerprint density at radius 2 is 2.06 bits per heavy atom. The molecule has 1 heterocycles. The molecule has 3 atom stereocenters. The van der Waals surface area contributed by atoms with E-state index in [1.165, 1.54) is 6.42 Å². The molecule has 98 valence electrons. The summed E-state index contributed by atoms with van der Waals surface area (Å²) in [5.41, 5.74) is -0.395. The van der Waals surface area contributed by atoms with Gasteiger partial charge in [-0.1, -0.05) is 6.92 Å². The molecule has 0 radical (unpaired) electrons. The first-order valence-electron chi connectivity index (χ1n) is 6.59. The van der Waals surface area contributed by atoms with E-state index in [1.54, 1.807) is 0 Å². The van der Waals surface area contributed by atoms with Crippen molar-refractivity contribution in [2.45, 2.75) is 58.2 Å². The lowest BCUT2D eigenvalue weighted by Crippen LogP contribution is -2.39. The summed E-state index contributed by atoms with van der Waals surface area (Å²) in [6.45, 7) is 9.58. The van der Waals surface area contributed by atoms with Crippen LogP contribution in [0.25, 0.3) is 0 Å². The second kappa shape index (κ2) is 4.48. The number of nitrogens with zero attached hydrogens (tertiary/aromatic N) is 1. The van der Waals surface area contributed by atoms with Gasteiger partial charge in [0, 0.05) is 25.2 Å². The van der Waals surface area contributed by atoms with Gasteiger partial charge in [-0.25, -0.2) is 4.79 Å². The fourth-order valence-electron chi connectivity index (χ4n) is 2.25. The van der Waals surface area contributed by atoms with Crippen molar-refractivity contribution in [1.82, 2.24) is 10.2 Å². The molecule has 1 amide bonds. The van der Waals surface area contributed by atoms with Crippen LogP contribution in [0.4, 0.5) is 4.79 Å². The van der Waals surface area contributed by atoms with Crippen LogP contribution in [-0.2, 0) is 4.74 Å². The van der Waals surface area contributed by atoms with Crippen molar-refractivity contribution in [3.05, 3.63) is 0 Å². The molecule has 3 unspecified atom stereocenters. The average Bonchev–Trinajstić information content (AvgIpc) is 2.70. The molecule has 0 aromatic rings. The summed E-state index contributed by atoms with van der Waals surface area (Å²) in [5.74, 6) is 0.811. The minimum atomic E-state index is -0.395. The topological polar surface area (TPSA) is 41.6 Å². The minimum Gasteiger partial charge on any atom is -0.444 e. The zero-order valence-electron chi connectivity index (χ0n) is 11.3. The van der Waals surface area contributed by atoms with E-state index < -0.39 is 5.60 Å². The largest absolute Gasteiger partial charge is 0.444 e. The van der Waals surface area contributed by atoms with Gasteiger partial charge >= 0.3 is 6.09 Å². The quantitative estimate of drug-likeness (QED) is 0.802. The third kappa shape index (κ3) is 3.60. The van der Waals surface area contributed by atoms with Crippen molar-refractivity contribution in [2.75, 3.05) is 13.1 Å². The second-order valence-corrected chi connectivity index (χ2v) is 6.40.